The molecule has 0 saturated carbocycles. The minimum atomic E-state index is 0.0517. The van der Waals surface area contributed by atoms with Gasteiger partial charge < -0.3 is 10.1 Å². The van der Waals surface area contributed by atoms with E-state index >= 15 is 0 Å². The molecule has 0 aliphatic carbocycles. The fourth-order valence-corrected chi connectivity index (χ4v) is 2.84. The molecule has 1 heterocycles. The van der Waals surface area contributed by atoms with Gasteiger partial charge in [0.15, 0.2) is 0 Å². The average Bonchev–Trinajstić information content (AvgIpc) is 2.32. The summed E-state index contributed by atoms with van der Waals surface area (Å²) in [5, 5.41) is 3.65. The van der Waals surface area contributed by atoms with Crippen LogP contribution in [0.2, 0.25) is 0 Å². The molecule has 1 fully saturated rings. The fourth-order valence-electron chi connectivity index (χ4n) is 2.30. The number of para-hydroxylation sites is 1. The zero-order valence-corrected chi connectivity index (χ0v) is 12.7. The molecule has 1 aromatic carbocycles. The van der Waals surface area contributed by atoms with Gasteiger partial charge >= 0.3 is 0 Å². The van der Waals surface area contributed by atoms with Gasteiger partial charge in [0.1, 0.15) is 0 Å². The maximum Gasteiger partial charge on any atom is 0.0671 e. The van der Waals surface area contributed by atoms with E-state index in [1.54, 1.807) is 0 Å². The molecular weight excluding hydrogens is 325 g/mol. The highest BCUT2D eigenvalue weighted by molar-refractivity contribution is 14.1. The van der Waals surface area contributed by atoms with Crippen LogP contribution in [-0.2, 0) is 4.74 Å². The second kappa shape index (κ2) is 5.57. The molecular formula is C14H20INO. The first-order valence-corrected chi connectivity index (χ1v) is 7.36. The lowest BCUT2D eigenvalue weighted by molar-refractivity contribution is -0.0708. The second-order valence-electron chi connectivity index (χ2n) is 4.97. The van der Waals surface area contributed by atoms with Gasteiger partial charge in [0.2, 0.25) is 0 Å². The predicted octanol–water partition coefficient (Wildman–Crippen LogP) is 4.05. The Bertz CT molecular complexity index is 382. The number of ether oxygens (including phenoxy) is 1. The summed E-state index contributed by atoms with van der Waals surface area (Å²) in [4.78, 5) is 0. The quantitative estimate of drug-likeness (QED) is 0.835. The third-order valence-electron chi connectivity index (χ3n) is 3.58. The van der Waals surface area contributed by atoms with Gasteiger partial charge in [-0.1, -0.05) is 19.1 Å². The van der Waals surface area contributed by atoms with Crippen molar-refractivity contribution >= 4 is 28.3 Å². The molecule has 2 unspecified atom stereocenters. The van der Waals surface area contributed by atoms with Gasteiger partial charge in [-0.05, 0) is 60.9 Å². The van der Waals surface area contributed by atoms with Gasteiger partial charge in [-0.25, -0.2) is 0 Å². The molecule has 0 aromatic heterocycles. The van der Waals surface area contributed by atoms with Crippen molar-refractivity contribution in [2.45, 2.75) is 44.8 Å². The summed E-state index contributed by atoms with van der Waals surface area (Å²) in [7, 11) is 0. The summed E-state index contributed by atoms with van der Waals surface area (Å²) in [5.41, 5.74) is 1.30. The summed E-state index contributed by atoms with van der Waals surface area (Å²) in [5.74, 6) is 0. The fraction of sp³-hybridized carbons (Fsp3) is 0.571. The van der Waals surface area contributed by atoms with Crippen molar-refractivity contribution in [2.24, 2.45) is 0 Å². The van der Waals surface area contributed by atoms with Crippen molar-refractivity contribution in [2.75, 3.05) is 11.9 Å². The summed E-state index contributed by atoms with van der Waals surface area (Å²) >= 11 is 2.38. The van der Waals surface area contributed by atoms with Crippen LogP contribution in [0.15, 0.2) is 24.3 Å². The van der Waals surface area contributed by atoms with Crippen molar-refractivity contribution in [3.63, 3.8) is 0 Å². The average molecular weight is 345 g/mol. The highest BCUT2D eigenvalue weighted by atomic mass is 127. The summed E-state index contributed by atoms with van der Waals surface area (Å²) < 4.78 is 7.16. The van der Waals surface area contributed by atoms with Crippen LogP contribution in [-0.4, -0.2) is 18.2 Å². The summed E-state index contributed by atoms with van der Waals surface area (Å²) in [6.45, 7) is 5.29. The first kappa shape index (κ1) is 13.1. The van der Waals surface area contributed by atoms with E-state index in [0.717, 1.165) is 25.9 Å². The molecule has 1 N–H and O–H groups in total. The van der Waals surface area contributed by atoms with Crippen LogP contribution in [0, 0.1) is 3.57 Å². The SMILES string of the molecule is CCC1(C)CC(Nc2ccccc2I)CCO1. The normalized spacial score (nSPS) is 29.0. The van der Waals surface area contributed by atoms with E-state index in [2.05, 4.69) is 66.0 Å². The Morgan fingerprint density at radius 3 is 2.94 bits per heavy atom. The first-order chi connectivity index (χ1) is 8.13. The van der Waals surface area contributed by atoms with Crippen molar-refractivity contribution in [3.8, 4) is 0 Å². The Hall–Kier alpha value is -0.290. The number of nitrogens with one attached hydrogen (secondary N) is 1. The van der Waals surface area contributed by atoms with Gasteiger partial charge in [0.05, 0.1) is 5.60 Å². The molecule has 94 valence electrons. The number of hydrogen-bond acceptors (Lipinski definition) is 2. The van der Waals surface area contributed by atoms with Gasteiger partial charge in [-0.3, -0.25) is 0 Å². The Balaban J connectivity index is 2.02. The smallest absolute Gasteiger partial charge is 0.0671 e. The van der Waals surface area contributed by atoms with E-state index in [1.165, 1.54) is 9.26 Å². The lowest BCUT2D eigenvalue weighted by atomic mass is 9.90. The zero-order chi connectivity index (χ0) is 12.3. The molecule has 1 aliphatic heterocycles. The van der Waals surface area contributed by atoms with E-state index < -0.39 is 0 Å². The zero-order valence-electron chi connectivity index (χ0n) is 10.5. The third kappa shape index (κ3) is 3.35. The Labute approximate surface area is 117 Å². The van der Waals surface area contributed by atoms with Crippen molar-refractivity contribution < 1.29 is 4.74 Å². The van der Waals surface area contributed by atoms with Crippen LogP contribution < -0.4 is 5.32 Å². The molecule has 0 radical (unpaired) electrons. The summed E-state index contributed by atoms with van der Waals surface area (Å²) in [6, 6.07) is 8.99. The van der Waals surface area contributed by atoms with Crippen LogP contribution in [0.4, 0.5) is 5.69 Å². The van der Waals surface area contributed by atoms with E-state index in [0.29, 0.717) is 6.04 Å². The number of anilines is 1. The van der Waals surface area contributed by atoms with Crippen molar-refractivity contribution in [1.29, 1.82) is 0 Å². The Kier molecular flexibility index (Phi) is 4.31. The van der Waals surface area contributed by atoms with Gasteiger partial charge in [0.25, 0.3) is 0 Å². The maximum absolute atomic E-state index is 5.87. The predicted molar refractivity (Wildman–Crippen MR) is 80.5 cm³/mol. The standard InChI is InChI=1S/C14H20INO/c1-3-14(2)10-11(8-9-17-14)16-13-7-5-4-6-12(13)15/h4-7,11,16H,3,8-10H2,1-2H3. The van der Waals surface area contributed by atoms with E-state index in [9.17, 15) is 0 Å². The third-order valence-corrected chi connectivity index (χ3v) is 4.52. The molecule has 1 aromatic rings. The summed E-state index contributed by atoms with van der Waals surface area (Å²) in [6.07, 6.45) is 3.27. The number of rotatable bonds is 3. The minimum absolute atomic E-state index is 0.0517. The molecule has 17 heavy (non-hydrogen) atoms. The number of benzene rings is 1. The monoisotopic (exact) mass is 345 g/mol. The Morgan fingerprint density at radius 1 is 1.47 bits per heavy atom. The molecule has 1 saturated heterocycles. The largest absolute Gasteiger partial charge is 0.381 e. The van der Waals surface area contributed by atoms with Crippen LogP contribution in [0.5, 0.6) is 0 Å². The second-order valence-corrected chi connectivity index (χ2v) is 6.13. The number of hydrogen-bond donors (Lipinski definition) is 1. The van der Waals surface area contributed by atoms with Crippen LogP contribution in [0.3, 0.4) is 0 Å². The molecule has 0 amide bonds. The first-order valence-electron chi connectivity index (χ1n) is 6.28. The molecule has 0 bridgehead atoms. The molecule has 2 nitrogen and oxygen atoms in total. The van der Waals surface area contributed by atoms with Gasteiger partial charge in [0, 0.05) is 21.9 Å². The maximum atomic E-state index is 5.87. The molecule has 3 heteroatoms. The highest BCUT2D eigenvalue weighted by Gasteiger charge is 2.31. The molecule has 0 spiro atoms. The van der Waals surface area contributed by atoms with E-state index in [1.807, 2.05) is 0 Å². The number of halogens is 1. The van der Waals surface area contributed by atoms with Crippen LogP contribution >= 0.6 is 22.6 Å². The highest BCUT2D eigenvalue weighted by Crippen LogP contribution is 2.30. The van der Waals surface area contributed by atoms with Crippen LogP contribution in [0.1, 0.15) is 33.1 Å². The molecule has 2 rings (SSSR count). The molecule has 1 aliphatic rings. The van der Waals surface area contributed by atoms with E-state index in [-0.39, 0.29) is 5.60 Å². The molecule has 2 atom stereocenters. The lowest BCUT2D eigenvalue weighted by Gasteiger charge is -2.38. The van der Waals surface area contributed by atoms with Crippen molar-refractivity contribution in [1.82, 2.24) is 0 Å². The van der Waals surface area contributed by atoms with Gasteiger partial charge in [-0.15, -0.1) is 0 Å². The lowest BCUT2D eigenvalue weighted by Crippen LogP contribution is -2.41. The van der Waals surface area contributed by atoms with Crippen LogP contribution in [0.25, 0.3) is 0 Å². The van der Waals surface area contributed by atoms with Crippen molar-refractivity contribution in [3.05, 3.63) is 27.8 Å². The topological polar surface area (TPSA) is 21.3 Å². The van der Waals surface area contributed by atoms with Gasteiger partial charge in [-0.2, -0.15) is 0 Å². The minimum Gasteiger partial charge on any atom is -0.381 e. The Morgan fingerprint density at radius 2 is 2.24 bits per heavy atom. The van der Waals surface area contributed by atoms with E-state index in [4.69, 9.17) is 4.74 Å².